The summed E-state index contributed by atoms with van der Waals surface area (Å²) in [5.41, 5.74) is 5.07. The molecule has 1 aliphatic heterocycles. The standard InChI is InChI=1S/C8H15NO4S/c9-6(7(10)11)8(5-1-2-5)3-14(12,13)4-8/h5-6,12-13H,1-4,9H2,(H,10,11). The van der Waals surface area contributed by atoms with Gasteiger partial charge in [0.25, 0.3) is 0 Å². The molecule has 0 aromatic carbocycles. The van der Waals surface area contributed by atoms with Crippen LogP contribution in [0.25, 0.3) is 0 Å². The zero-order chi connectivity index (χ0) is 10.6. The molecule has 0 amide bonds. The maximum Gasteiger partial charge on any atom is 0.321 e. The summed E-state index contributed by atoms with van der Waals surface area (Å²) in [5.74, 6) is -0.392. The molecule has 2 aliphatic rings. The first kappa shape index (κ1) is 10.2. The molecule has 0 aromatic rings. The molecule has 5 nitrogen and oxygen atoms in total. The molecule has 1 unspecified atom stereocenters. The van der Waals surface area contributed by atoms with E-state index in [1.807, 2.05) is 0 Å². The maximum atomic E-state index is 10.8. The van der Waals surface area contributed by atoms with E-state index in [2.05, 4.69) is 0 Å². The lowest BCUT2D eigenvalue weighted by Crippen LogP contribution is -2.60. The molecular formula is C8H15NO4S. The maximum absolute atomic E-state index is 10.8. The zero-order valence-electron chi connectivity index (χ0n) is 7.72. The molecule has 5 N–H and O–H groups in total. The van der Waals surface area contributed by atoms with Crippen LogP contribution in [0.5, 0.6) is 0 Å². The van der Waals surface area contributed by atoms with Crippen LogP contribution in [0.3, 0.4) is 0 Å². The van der Waals surface area contributed by atoms with Gasteiger partial charge in [-0.2, -0.15) is 10.6 Å². The Hall–Kier alpha value is -0.300. The van der Waals surface area contributed by atoms with E-state index in [1.165, 1.54) is 0 Å². The Kier molecular flexibility index (Phi) is 2.08. The molecule has 6 heteroatoms. The van der Waals surface area contributed by atoms with Crippen molar-refractivity contribution in [3.63, 3.8) is 0 Å². The highest BCUT2D eigenvalue weighted by atomic mass is 32.3. The van der Waals surface area contributed by atoms with E-state index in [0.717, 1.165) is 12.8 Å². The molecule has 0 spiro atoms. The van der Waals surface area contributed by atoms with Crippen molar-refractivity contribution in [1.82, 2.24) is 0 Å². The molecule has 0 aromatic heterocycles. The second-order valence-corrected chi connectivity index (χ2v) is 6.60. The number of aliphatic carboxylic acids is 1. The van der Waals surface area contributed by atoms with Gasteiger partial charge in [0.05, 0.1) is 0 Å². The zero-order valence-corrected chi connectivity index (χ0v) is 8.54. The summed E-state index contributed by atoms with van der Waals surface area (Å²) < 4.78 is 18.7. The number of nitrogens with two attached hydrogens (primary N) is 1. The van der Waals surface area contributed by atoms with Crippen molar-refractivity contribution in [1.29, 1.82) is 0 Å². The Morgan fingerprint density at radius 3 is 2.21 bits per heavy atom. The van der Waals surface area contributed by atoms with E-state index in [0.29, 0.717) is 0 Å². The second-order valence-electron chi connectivity index (χ2n) is 4.41. The minimum absolute atomic E-state index is 0.179. The molecule has 1 atom stereocenters. The fraction of sp³-hybridized carbons (Fsp3) is 0.875. The number of rotatable bonds is 3. The Morgan fingerprint density at radius 1 is 1.43 bits per heavy atom. The second kappa shape index (κ2) is 2.85. The fourth-order valence-electron chi connectivity index (χ4n) is 2.39. The van der Waals surface area contributed by atoms with Crippen LogP contribution in [0.2, 0.25) is 0 Å². The van der Waals surface area contributed by atoms with Gasteiger partial charge >= 0.3 is 5.97 Å². The molecule has 14 heavy (non-hydrogen) atoms. The van der Waals surface area contributed by atoms with E-state index >= 15 is 0 Å². The van der Waals surface area contributed by atoms with E-state index in [-0.39, 0.29) is 17.4 Å². The fourth-order valence-corrected chi connectivity index (χ4v) is 4.86. The van der Waals surface area contributed by atoms with Crippen LogP contribution in [-0.2, 0) is 4.79 Å². The van der Waals surface area contributed by atoms with Crippen LogP contribution in [0.15, 0.2) is 0 Å². The lowest BCUT2D eigenvalue weighted by molar-refractivity contribution is -0.141. The van der Waals surface area contributed by atoms with Crippen LogP contribution in [0.1, 0.15) is 12.8 Å². The SMILES string of the molecule is NC(C(=O)O)C1(C2CC2)CS(O)(O)C1. The Balaban J connectivity index is 2.13. The van der Waals surface area contributed by atoms with Crippen LogP contribution < -0.4 is 5.73 Å². The van der Waals surface area contributed by atoms with Crippen molar-refractivity contribution in [2.24, 2.45) is 17.1 Å². The van der Waals surface area contributed by atoms with Crippen LogP contribution in [0.4, 0.5) is 0 Å². The van der Waals surface area contributed by atoms with Gasteiger partial charge in [-0.05, 0) is 18.8 Å². The van der Waals surface area contributed by atoms with Gasteiger partial charge in [0.15, 0.2) is 0 Å². The first-order valence-corrected chi connectivity index (χ1v) is 6.48. The summed E-state index contributed by atoms with van der Waals surface area (Å²) in [5, 5.41) is 8.85. The summed E-state index contributed by atoms with van der Waals surface area (Å²) in [6.07, 6.45) is 1.94. The van der Waals surface area contributed by atoms with Crippen molar-refractivity contribution in [3.8, 4) is 0 Å². The van der Waals surface area contributed by atoms with Crippen molar-refractivity contribution < 1.29 is 19.0 Å². The molecule has 82 valence electrons. The molecule has 1 heterocycles. The van der Waals surface area contributed by atoms with Gasteiger partial charge in [-0.3, -0.25) is 13.9 Å². The van der Waals surface area contributed by atoms with Gasteiger partial charge in [-0.15, -0.1) is 0 Å². The van der Waals surface area contributed by atoms with Gasteiger partial charge < -0.3 is 10.8 Å². The predicted octanol–water partition coefficient (Wildman–Crippen LogP) is 0.559. The average Bonchev–Trinajstić information content (AvgIpc) is 2.79. The van der Waals surface area contributed by atoms with Gasteiger partial charge in [0, 0.05) is 16.9 Å². The highest BCUT2D eigenvalue weighted by Crippen LogP contribution is 2.67. The van der Waals surface area contributed by atoms with E-state index < -0.39 is 28.0 Å². The Labute approximate surface area is 83.6 Å². The lowest BCUT2D eigenvalue weighted by atomic mass is 9.78. The lowest BCUT2D eigenvalue weighted by Gasteiger charge is -2.57. The molecule has 0 bridgehead atoms. The van der Waals surface area contributed by atoms with Crippen molar-refractivity contribution in [2.45, 2.75) is 18.9 Å². The van der Waals surface area contributed by atoms with Crippen LogP contribution in [0, 0.1) is 11.3 Å². The van der Waals surface area contributed by atoms with Crippen molar-refractivity contribution in [2.75, 3.05) is 11.5 Å². The van der Waals surface area contributed by atoms with Gasteiger partial charge in [0.1, 0.15) is 6.04 Å². The topological polar surface area (TPSA) is 104 Å². The highest BCUT2D eigenvalue weighted by molar-refractivity contribution is 8.25. The summed E-state index contributed by atoms with van der Waals surface area (Å²) in [7, 11) is -2.52. The minimum atomic E-state index is -2.52. The number of carbonyl (C=O) groups is 1. The monoisotopic (exact) mass is 221 g/mol. The largest absolute Gasteiger partial charge is 0.480 e. The molecule has 2 rings (SSSR count). The smallest absolute Gasteiger partial charge is 0.321 e. The number of carboxylic acids is 1. The van der Waals surface area contributed by atoms with Crippen molar-refractivity contribution in [3.05, 3.63) is 0 Å². The third kappa shape index (κ3) is 1.42. The van der Waals surface area contributed by atoms with Crippen molar-refractivity contribution >= 4 is 16.6 Å². The summed E-state index contributed by atoms with van der Waals surface area (Å²) >= 11 is 0. The average molecular weight is 221 g/mol. The van der Waals surface area contributed by atoms with Gasteiger partial charge in [0.2, 0.25) is 0 Å². The van der Waals surface area contributed by atoms with Gasteiger partial charge in [-0.1, -0.05) is 0 Å². The normalized spacial score (nSPS) is 32.8. The summed E-state index contributed by atoms with van der Waals surface area (Å²) in [4.78, 5) is 10.8. The van der Waals surface area contributed by atoms with Crippen LogP contribution in [-0.4, -0.2) is 37.7 Å². The third-order valence-corrected chi connectivity index (χ3v) is 5.28. The summed E-state index contributed by atoms with van der Waals surface area (Å²) in [6, 6.07) is -0.949. The number of carboxylic acid groups (broad SMARTS) is 1. The first-order chi connectivity index (χ1) is 6.37. The molecule has 0 radical (unpaired) electrons. The van der Waals surface area contributed by atoms with E-state index in [9.17, 15) is 13.9 Å². The summed E-state index contributed by atoms with van der Waals surface area (Å²) in [6.45, 7) is 0. The Bertz CT molecular complexity index is 269. The molecular weight excluding hydrogens is 206 g/mol. The predicted molar refractivity (Wildman–Crippen MR) is 53.4 cm³/mol. The van der Waals surface area contributed by atoms with E-state index in [4.69, 9.17) is 10.8 Å². The third-order valence-electron chi connectivity index (χ3n) is 3.28. The molecule has 2 fully saturated rings. The highest BCUT2D eigenvalue weighted by Gasteiger charge is 2.61. The minimum Gasteiger partial charge on any atom is -0.480 e. The molecule has 1 aliphatic carbocycles. The Morgan fingerprint density at radius 2 is 1.93 bits per heavy atom. The number of hydrogen-bond acceptors (Lipinski definition) is 4. The molecule has 1 saturated heterocycles. The first-order valence-electron chi connectivity index (χ1n) is 4.59. The van der Waals surface area contributed by atoms with E-state index in [1.54, 1.807) is 0 Å². The van der Waals surface area contributed by atoms with Crippen LogP contribution >= 0.6 is 10.6 Å². The van der Waals surface area contributed by atoms with Gasteiger partial charge in [-0.25, -0.2) is 0 Å². The molecule has 1 saturated carbocycles. The number of hydrogen-bond donors (Lipinski definition) is 4. The quantitative estimate of drug-likeness (QED) is 0.557.